The van der Waals surface area contributed by atoms with Gasteiger partial charge in [-0.25, -0.2) is 9.78 Å². The number of carbonyl (C=O) groups is 1. The Bertz CT molecular complexity index is 716. The van der Waals surface area contributed by atoms with E-state index in [1.54, 1.807) is 13.8 Å². The van der Waals surface area contributed by atoms with E-state index in [1.807, 2.05) is 13.8 Å². The molecular weight excluding hydrogens is 492 g/mol. The van der Waals surface area contributed by atoms with Crippen molar-refractivity contribution in [3.05, 3.63) is 0 Å². The lowest BCUT2D eigenvalue weighted by atomic mass is 9.99. The molecule has 0 aliphatic carbocycles. The molecular formula is C25H44O12. The van der Waals surface area contributed by atoms with E-state index in [0.29, 0.717) is 13.0 Å². The van der Waals surface area contributed by atoms with Crippen LogP contribution in [0.1, 0.15) is 73.1 Å². The van der Waals surface area contributed by atoms with Gasteiger partial charge in [0, 0.05) is 6.42 Å². The van der Waals surface area contributed by atoms with Crippen LogP contribution in [0.4, 0.5) is 0 Å². The van der Waals surface area contributed by atoms with Gasteiger partial charge in [0.15, 0.2) is 17.7 Å². The molecule has 3 fully saturated rings. The zero-order chi connectivity index (χ0) is 27.2. The van der Waals surface area contributed by atoms with Crippen molar-refractivity contribution in [2.45, 2.75) is 134 Å². The normalized spacial score (nSPS) is 37.1. The van der Waals surface area contributed by atoms with Crippen molar-refractivity contribution in [2.75, 3.05) is 19.8 Å². The number of hydrogen-bond acceptors (Lipinski definition) is 12. The minimum absolute atomic E-state index is 0.102. The number of carbonyl (C=O) groups excluding carboxylic acids is 1. The Hall–Kier alpha value is -0.930. The van der Waals surface area contributed by atoms with Gasteiger partial charge in [-0.05, 0) is 34.1 Å². The van der Waals surface area contributed by atoms with Crippen molar-refractivity contribution in [3.63, 3.8) is 0 Å². The second kappa shape index (κ2) is 13.4. The quantitative estimate of drug-likeness (QED) is 0.135. The lowest BCUT2D eigenvalue weighted by Gasteiger charge is -2.40. The van der Waals surface area contributed by atoms with Gasteiger partial charge in [0.25, 0.3) is 0 Å². The molecule has 0 saturated carbocycles. The largest absolute Gasteiger partial charge is 0.454 e. The Morgan fingerprint density at radius 3 is 2.32 bits per heavy atom. The molecule has 216 valence electrons. The van der Waals surface area contributed by atoms with Crippen molar-refractivity contribution >= 4 is 5.97 Å². The van der Waals surface area contributed by atoms with Gasteiger partial charge in [-0.1, -0.05) is 32.6 Å². The average Bonchev–Trinajstić information content (AvgIpc) is 3.35. The monoisotopic (exact) mass is 536 g/mol. The number of aliphatic hydroxyl groups excluding tert-OH is 3. The highest BCUT2D eigenvalue weighted by atomic mass is 17.2. The van der Waals surface area contributed by atoms with Crippen LogP contribution >= 0.6 is 0 Å². The lowest BCUT2D eigenvalue weighted by molar-refractivity contribution is -0.430. The topological polar surface area (TPSA) is 152 Å². The van der Waals surface area contributed by atoms with Crippen molar-refractivity contribution in [1.29, 1.82) is 0 Å². The molecule has 12 heteroatoms. The fourth-order valence-corrected chi connectivity index (χ4v) is 4.70. The van der Waals surface area contributed by atoms with Crippen molar-refractivity contribution in [3.8, 4) is 0 Å². The number of unbranched alkanes of at least 4 members (excludes halogenated alkanes) is 4. The third-order valence-corrected chi connectivity index (χ3v) is 6.59. The van der Waals surface area contributed by atoms with Crippen LogP contribution in [-0.4, -0.2) is 102 Å². The Kier molecular flexibility index (Phi) is 11.1. The van der Waals surface area contributed by atoms with E-state index in [4.69, 9.17) is 38.2 Å². The molecule has 0 aromatic heterocycles. The number of ether oxygens (including phenoxy) is 6. The van der Waals surface area contributed by atoms with Crippen LogP contribution in [0.25, 0.3) is 0 Å². The summed E-state index contributed by atoms with van der Waals surface area (Å²) in [6.07, 6.45) is -3.52. The summed E-state index contributed by atoms with van der Waals surface area (Å²) < 4.78 is 34.5. The molecule has 0 bridgehead atoms. The van der Waals surface area contributed by atoms with E-state index in [1.165, 1.54) is 0 Å². The molecule has 0 amide bonds. The van der Waals surface area contributed by atoms with E-state index < -0.39 is 73.2 Å². The highest BCUT2D eigenvalue weighted by molar-refractivity contribution is 5.69. The van der Waals surface area contributed by atoms with E-state index >= 15 is 0 Å². The van der Waals surface area contributed by atoms with Crippen molar-refractivity contribution in [2.24, 2.45) is 0 Å². The van der Waals surface area contributed by atoms with Crippen LogP contribution in [0.5, 0.6) is 0 Å². The summed E-state index contributed by atoms with van der Waals surface area (Å²) in [5.74, 6) is -2.20. The molecule has 0 aromatic carbocycles. The Balaban J connectivity index is 1.57. The van der Waals surface area contributed by atoms with Gasteiger partial charge in [0.05, 0.1) is 13.2 Å². The molecule has 12 nitrogen and oxygen atoms in total. The van der Waals surface area contributed by atoms with Gasteiger partial charge < -0.3 is 43.7 Å². The molecule has 3 aliphatic rings. The molecule has 3 aliphatic heterocycles. The molecule has 0 aromatic rings. The number of hydrogen-bond donors (Lipinski definition) is 3. The first kappa shape index (κ1) is 30.6. The molecule has 3 saturated heterocycles. The molecule has 0 radical (unpaired) electrons. The molecule has 3 rings (SSSR count). The summed E-state index contributed by atoms with van der Waals surface area (Å²) in [6, 6.07) is 0. The molecule has 37 heavy (non-hydrogen) atoms. The molecule has 8 atom stereocenters. The summed E-state index contributed by atoms with van der Waals surface area (Å²) in [4.78, 5) is 23.2. The first-order valence-corrected chi connectivity index (χ1v) is 13.2. The summed E-state index contributed by atoms with van der Waals surface area (Å²) >= 11 is 0. The number of rotatable bonds is 13. The van der Waals surface area contributed by atoms with Crippen molar-refractivity contribution in [1.82, 2.24) is 0 Å². The van der Waals surface area contributed by atoms with Gasteiger partial charge in [0.2, 0.25) is 6.29 Å². The molecule has 3 N–H and O–H groups in total. The third-order valence-electron chi connectivity index (χ3n) is 6.59. The predicted molar refractivity (Wildman–Crippen MR) is 127 cm³/mol. The zero-order valence-corrected chi connectivity index (χ0v) is 22.5. The maximum Gasteiger partial charge on any atom is 0.306 e. The van der Waals surface area contributed by atoms with Gasteiger partial charge in [0.1, 0.15) is 43.2 Å². The summed E-state index contributed by atoms with van der Waals surface area (Å²) in [7, 11) is 0. The first-order valence-electron chi connectivity index (χ1n) is 13.2. The smallest absolute Gasteiger partial charge is 0.306 e. The third kappa shape index (κ3) is 8.53. The summed E-state index contributed by atoms with van der Waals surface area (Å²) in [5, 5.41) is 30.4. The Morgan fingerprint density at radius 2 is 1.68 bits per heavy atom. The van der Waals surface area contributed by atoms with Crippen LogP contribution < -0.4 is 0 Å². The maximum absolute atomic E-state index is 12.4. The van der Waals surface area contributed by atoms with Gasteiger partial charge in [-0.2, -0.15) is 0 Å². The minimum atomic E-state index is -1.55. The van der Waals surface area contributed by atoms with Crippen LogP contribution in [0, 0.1) is 0 Å². The van der Waals surface area contributed by atoms with E-state index in [2.05, 4.69) is 6.92 Å². The van der Waals surface area contributed by atoms with Crippen LogP contribution in [0.3, 0.4) is 0 Å². The minimum Gasteiger partial charge on any atom is -0.454 e. The maximum atomic E-state index is 12.4. The van der Waals surface area contributed by atoms with Crippen molar-refractivity contribution < 1.29 is 58.3 Å². The van der Waals surface area contributed by atoms with Crippen LogP contribution in [0.15, 0.2) is 0 Å². The predicted octanol–water partition coefficient (Wildman–Crippen LogP) is 1.32. The average molecular weight is 537 g/mol. The van der Waals surface area contributed by atoms with Crippen LogP contribution in [0.2, 0.25) is 0 Å². The lowest BCUT2D eigenvalue weighted by Crippen LogP contribution is -2.60. The highest BCUT2D eigenvalue weighted by Crippen LogP contribution is 2.36. The van der Waals surface area contributed by atoms with Gasteiger partial charge in [-0.15, -0.1) is 0 Å². The standard InChI is InChI=1S/C25H44O12/c1-6-7-8-9-10-11-18(27)33-22-20(29)19(28)15(12-26)32-23(22)37-31-14-17-21(36-25(4,5)35-17)16-13-30-24(2,3)34-16/h15-17,19-23,26,28-29H,6-14H2,1-5H3/t15-,16-,17+,19-,20+,21-,22+,23+/m1/s1. The number of esters is 1. The highest BCUT2D eigenvalue weighted by Gasteiger charge is 2.51. The van der Waals surface area contributed by atoms with Crippen LogP contribution in [-0.2, 0) is 43.0 Å². The molecule has 3 heterocycles. The molecule has 0 spiro atoms. The molecule has 0 unspecified atom stereocenters. The van der Waals surface area contributed by atoms with E-state index in [-0.39, 0.29) is 13.0 Å². The second-order valence-corrected chi connectivity index (χ2v) is 10.7. The van der Waals surface area contributed by atoms with Gasteiger partial charge >= 0.3 is 5.97 Å². The van der Waals surface area contributed by atoms with Gasteiger partial charge in [-0.3, -0.25) is 4.79 Å². The number of aliphatic hydroxyl groups is 3. The van der Waals surface area contributed by atoms with E-state index in [0.717, 1.165) is 25.7 Å². The Labute approximate surface area is 218 Å². The fraction of sp³-hybridized carbons (Fsp3) is 0.960. The van der Waals surface area contributed by atoms with E-state index in [9.17, 15) is 20.1 Å². The summed E-state index contributed by atoms with van der Waals surface area (Å²) in [6.45, 7) is 8.91. The second-order valence-electron chi connectivity index (χ2n) is 10.7. The Morgan fingerprint density at radius 1 is 0.946 bits per heavy atom. The fourth-order valence-electron chi connectivity index (χ4n) is 4.70. The first-order chi connectivity index (χ1) is 17.5. The summed E-state index contributed by atoms with van der Waals surface area (Å²) in [5.41, 5.74) is 0. The zero-order valence-electron chi connectivity index (χ0n) is 22.5. The SMILES string of the molecule is CCCCCCCC(=O)O[C@@H]1[C@H](OOC[C@@H]2OC(C)(C)O[C@@H]2[C@H]2COC(C)(C)O2)O[C@H](CO)[C@@H](O)[C@@H]1O.